The number of aliphatic hydroxyl groups excluding tert-OH is 1. The molecule has 15 heavy (non-hydrogen) atoms. The lowest BCUT2D eigenvalue weighted by molar-refractivity contribution is 0.0773. The average molecular weight is 278 g/mol. The smallest absolute Gasteiger partial charge is 0.375 e. The highest BCUT2D eigenvalue weighted by molar-refractivity contribution is 7.61. The predicted molar refractivity (Wildman–Crippen MR) is 61.9 cm³/mol. The van der Waals surface area contributed by atoms with Crippen molar-refractivity contribution in [3.8, 4) is 0 Å². The summed E-state index contributed by atoms with van der Waals surface area (Å²) < 4.78 is 6.97. The molecule has 1 saturated heterocycles. The van der Waals surface area contributed by atoms with E-state index in [0.717, 1.165) is 0 Å². The Labute approximate surface area is 99.9 Å². The van der Waals surface area contributed by atoms with Gasteiger partial charge in [0.1, 0.15) is 12.8 Å². The summed E-state index contributed by atoms with van der Waals surface area (Å²) in [6.45, 7) is 1.27. The molecule has 0 spiro atoms. The molecule has 0 aromatic carbocycles. The van der Waals surface area contributed by atoms with Crippen molar-refractivity contribution < 1.29 is 14.5 Å². The van der Waals surface area contributed by atoms with Crippen LogP contribution >= 0.6 is 31.2 Å². The first-order valence-electron chi connectivity index (χ1n) is 4.72. The molecule has 0 bridgehead atoms. The van der Waals surface area contributed by atoms with E-state index in [1.165, 1.54) is 0 Å². The third kappa shape index (κ3) is 3.95. The van der Waals surface area contributed by atoms with Crippen molar-refractivity contribution in [3.05, 3.63) is 0 Å². The SMILES string of the molecule is OC1CCO[P+](O)(N(CCCl)CCCl)N1. The molecule has 3 N–H and O–H groups in total. The van der Waals surface area contributed by atoms with E-state index in [2.05, 4.69) is 5.09 Å². The molecule has 0 amide bonds. The lowest BCUT2D eigenvalue weighted by Gasteiger charge is -2.32. The van der Waals surface area contributed by atoms with Gasteiger partial charge in [-0.25, -0.2) is 0 Å². The van der Waals surface area contributed by atoms with Gasteiger partial charge >= 0.3 is 8.02 Å². The Morgan fingerprint density at radius 1 is 1.40 bits per heavy atom. The van der Waals surface area contributed by atoms with Crippen LogP contribution < -0.4 is 5.09 Å². The normalized spacial score (nSPS) is 32.2. The zero-order valence-electron chi connectivity index (χ0n) is 8.27. The predicted octanol–water partition coefficient (Wildman–Crippen LogP) is 0.764. The van der Waals surface area contributed by atoms with Crippen LogP contribution in [-0.4, -0.2) is 52.4 Å². The molecule has 1 aliphatic heterocycles. The minimum absolute atomic E-state index is 0.333. The van der Waals surface area contributed by atoms with E-state index in [0.29, 0.717) is 37.9 Å². The van der Waals surface area contributed by atoms with Crippen LogP contribution in [0.15, 0.2) is 0 Å². The van der Waals surface area contributed by atoms with E-state index in [4.69, 9.17) is 27.7 Å². The quantitative estimate of drug-likeness (QED) is 0.512. The molecule has 90 valence electrons. The second kappa shape index (κ2) is 6.52. The molecular weight excluding hydrogens is 262 g/mol. The minimum Gasteiger partial charge on any atom is -0.375 e. The largest absolute Gasteiger partial charge is 0.433 e. The Morgan fingerprint density at radius 2 is 2.00 bits per heavy atom. The van der Waals surface area contributed by atoms with Crippen LogP contribution in [0.5, 0.6) is 0 Å². The topological polar surface area (TPSA) is 65.0 Å². The number of hydrogen-bond donors (Lipinski definition) is 3. The number of nitrogens with zero attached hydrogens (tertiary/aromatic N) is 1. The summed E-state index contributed by atoms with van der Waals surface area (Å²) in [5.41, 5.74) is 0. The van der Waals surface area contributed by atoms with Crippen LogP contribution in [0.2, 0.25) is 0 Å². The fourth-order valence-corrected chi connectivity index (χ4v) is 3.99. The van der Waals surface area contributed by atoms with Gasteiger partial charge in [-0.3, -0.25) is 0 Å². The monoisotopic (exact) mass is 277 g/mol. The average Bonchev–Trinajstić information content (AvgIpc) is 2.17. The maximum Gasteiger partial charge on any atom is 0.433 e. The summed E-state index contributed by atoms with van der Waals surface area (Å²) >= 11 is 11.3. The third-order valence-corrected chi connectivity index (χ3v) is 4.73. The summed E-state index contributed by atoms with van der Waals surface area (Å²) in [6, 6.07) is 0. The molecule has 1 fully saturated rings. The van der Waals surface area contributed by atoms with Crippen LogP contribution in [0.25, 0.3) is 0 Å². The summed E-state index contributed by atoms with van der Waals surface area (Å²) in [5.74, 6) is 0.751. The number of rotatable bonds is 5. The zero-order valence-corrected chi connectivity index (χ0v) is 10.7. The standard InChI is InChI=1S/C7H16Cl2N2O3P/c8-2-4-11(5-3-9)15(13)10-7(12)1-6-14-15/h7,10,12-13H,1-6H2/q+1. The Hall–Kier alpha value is 0.810. The number of aliphatic hydroxyl groups is 1. The van der Waals surface area contributed by atoms with Crippen molar-refractivity contribution in [2.45, 2.75) is 12.6 Å². The highest BCUT2D eigenvalue weighted by Crippen LogP contribution is 2.57. The van der Waals surface area contributed by atoms with E-state index in [-0.39, 0.29) is 0 Å². The van der Waals surface area contributed by atoms with Gasteiger partial charge in [-0.1, -0.05) is 5.09 Å². The van der Waals surface area contributed by atoms with E-state index < -0.39 is 14.2 Å². The van der Waals surface area contributed by atoms with Crippen molar-refractivity contribution in [1.82, 2.24) is 9.76 Å². The molecule has 8 heteroatoms. The zero-order chi connectivity index (χ0) is 11.3. The van der Waals surface area contributed by atoms with Crippen LogP contribution in [0.4, 0.5) is 0 Å². The number of halogens is 2. The van der Waals surface area contributed by atoms with Gasteiger partial charge in [-0.2, -0.15) is 9.42 Å². The first-order valence-corrected chi connectivity index (χ1v) is 7.40. The van der Waals surface area contributed by atoms with Crippen molar-refractivity contribution in [1.29, 1.82) is 0 Å². The molecule has 0 radical (unpaired) electrons. The summed E-state index contributed by atoms with van der Waals surface area (Å²) in [5, 5.41) is 12.1. The van der Waals surface area contributed by atoms with Crippen molar-refractivity contribution >= 4 is 31.2 Å². The van der Waals surface area contributed by atoms with E-state index in [1.54, 1.807) is 4.67 Å². The molecule has 2 atom stereocenters. The number of hydrogen-bond acceptors (Lipinski definition) is 5. The van der Waals surface area contributed by atoms with Gasteiger partial charge in [0.15, 0.2) is 0 Å². The fraction of sp³-hybridized carbons (Fsp3) is 1.00. The first-order chi connectivity index (χ1) is 7.12. The van der Waals surface area contributed by atoms with E-state index in [1.807, 2.05) is 0 Å². The lowest BCUT2D eigenvalue weighted by atomic mass is 10.4. The first kappa shape index (κ1) is 13.9. The lowest BCUT2D eigenvalue weighted by Crippen LogP contribution is -2.44. The Balaban J connectivity index is 2.61. The van der Waals surface area contributed by atoms with Gasteiger partial charge in [0.05, 0.1) is 13.1 Å². The molecule has 0 aromatic rings. The summed E-state index contributed by atoms with van der Waals surface area (Å²) in [6.07, 6.45) is -0.261. The molecule has 1 heterocycles. The molecule has 1 rings (SSSR count). The van der Waals surface area contributed by atoms with Gasteiger partial charge < -0.3 is 5.11 Å². The molecule has 2 unspecified atom stereocenters. The Morgan fingerprint density at radius 3 is 2.47 bits per heavy atom. The highest BCUT2D eigenvalue weighted by atomic mass is 35.5. The Bertz CT molecular complexity index is 197. The molecule has 5 nitrogen and oxygen atoms in total. The van der Waals surface area contributed by atoms with Crippen LogP contribution in [0.3, 0.4) is 0 Å². The van der Waals surface area contributed by atoms with Crippen LogP contribution in [-0.2, 0) is 4.52 Å². The van der Waals surface area contributed by atoms with Gasteiger partial charge in [0.2, 0.25) is 0 Å². The van der Waals surface area contributed by atoms with Crippen LogP contribution in [0.1, 0.15) is 6.42 Å². The van der Waals surface area contributed by atoms with E-state index >= 15 is 0 Å². The van der Waals surface area contributed by atoms with Crippen molar-refractivity contribution in [3.63, 3.8) is 0 Å². The number of alkyl halides is 2. The molecule has 1 aliphatic rings. The van der Waals surface area contributed by atoms with Crippen LogP contribution in [0, 0.1) is 0 Å². The van der Waals surface area contributed by atoms with Gasteiger partial charge in [-0.15, -0.1) is 27.9 Å². The molecule has 0 aromatic heterocycles. The van der Waals surface area contributed by atoms with Gasteiger partial charge in [0.25, 0.3) is 0 Å². The Kier molecular flexibility index (Phi) is 6.03. The molecule has 0 aliphatic carbocycles. The van der Waals surface area contributed by atoms with Gasteiger partial charge in [0, 0.05) is 18.2 Å². The summed E-state index contributed by atoms with van der Waals surface area (Å²) in [7, 11) is -2.90. The second-order valence-corrected chi connectivity index (χ2v) is 6.07. The van der Waals surface area contributed by atoms with Gasteiger partial charge in [-0.05, 0) is 0 Å². The fourth-order valence-electron chi connectivity index (χ4n) is 1.33. The molecule has 0 saturated carbocycles. The maximum absolute atomic E-state index is 10.2. The number of nitrogens with one attached hydrogen (secondary N) is 1. The molecular formula is C7H16Cl2N2O3P+. The summed E-state index contributed by atoms with van der Waals surface area (Å²) in [4.78, 5) is 10.2. The minimum atomic E-state index is -2.90. The maximum atomic E-state index is 10.2. The third-order valence-electron chi connectivity index (χ3n) is 2.05. The van der Waals surface area contributed by atoms with Crippen molar-refractivity contribution in [2.24, 2.45) is 0 Å². The highest BCUT2D eigenvalue weighted by Gasteiger charge is 2.50. The van der Waals surface area contributed by atoms with E-state index in [9.17, 15) is 10.00 Å². The van der Waals surface area contributed by atoms with Crippen molar-refractivity contribution in [2.75, 3.05) is 31.5 Å². The second-order valence-electron chi connectivity index (χ2n) is 3.14.